The van der Waals surface area contributed by atoms with Crippen LogP contribution in [0.2, 0.25) is 0 Å². The van der Waals surface area contributed by atoms with Crippen molar-refractivity contribution < 1.29 is 13.5 Å². The molecule has 0 amide bonds. The summed E-state index contributed by atoms with van der Waals surface area (Å²) in [6, 6.07) is 16.6. The standard InChI is InChI=1S/C16H19NO3S/c1-21(19,20)15(11-18)16(17)14-9-7-13(8-10-14)12-5-3-2-4-6-12/h2-10,15-16,18H,11,17H2,1H3. The highest BCUT2D eigenvalue weighted by atomic mass is 32.2. The van der Waals surface area contributed by atoms with Gasteiger partial charge in [0.1, 0.15) is 5.25 Å². The lowest BCUT2D eigenvalue weighted by atomic mass is 10.00. The molecule has 0 spiro atoms. The van der Waals surface area contributed by atoms with Crippen molar-refractivity contribution >= 4 is 9.84 Å². The topological polar surface area (TPSA) is 80.4 Å². The van der Waals surface area contributed by atoms with Crippen molar-refractivity contribution in [3.63, 3.8) is 0 Å². The fourth-order valence-electron chi connectivity index (χ4n) is 2.26. The van der Waals surface area contributed by atoms with Gasteiger partial charge in [-0.25, -0.2) is 8.42 Å². The van der Waals surface area contributed by atoms with E-state index in [-0.39, 0.29) is 0 Å². The van der Waals surface area contributed by atoms with E-state index < -0.39 is 27.7 Å². The van der Waals surface area contributed by atoms with Crippen LogP contribution in [0.4, 0.5) is 0 Å². The summed E-state index contributed by atoms with van der Waals surface area (Å²) >= 11 is 0. The van der Waals surface area contributed by atoms with Crippen LogP contribution in [0.1, 0.15) is 11.6 Å². The summed E-state index contributed by atoms with van der Waals surface area (Å²) in [7, 11) is -3.40. The Morgan fingerprint density at radius 3 is 2.00 bits per heavy atom. The van der Waals surface area contributed by atoms with E-state index in [1.165, 1.54) is 0 Å². The molecule has 3 N–H and O–H groups in total. The normalized spacial score (nSPS) is 14.6. The van der Waals surface area contributed by atoms with Crippen LogP contribution in [0.25, 0.3) is 11.1 Å². The lowest BCUT2D eigenvalue weighted by Gasteiger charge is -2.20. The molecule has 2 aromatic carbocycles. The molecule has 21 heavy (non-hydrogen) atoms. The molecule has 0 fully saturated rings. The van der Waals surface area contributed by atoms with Crippen molar-refractivity contribution in [2.24, 2.45) is 5.73 Å². The summed E-state index contributed by atoms with van der Waals surface area (Å²) in [5.74, 6) is 0. The second-order valence-corrected chi connectivity index (χ2v) is 7.33. The maximum Gasteiger partial charge on any atom is 0.154 e. The number of nitrogens with two attached hydrogens (primary N) is 1. The molecule has 0 aromatic heterocycles. The molecule has 4 nitrogen and oxygen atoms in total. The number of aliphatic hydroxyl groups excluding tert-OH is 1. The molecule has 5 heteroatoms. The number of sulfone groups is 1. The third-order valence-electron chi connectivity index (χ3n) is 3.53. The Hall–Kier alpha value is -1.69. The first-order valence-corrected chi connectivity index (χ1v) is 8.59. The molecule has 0 saturated heterocycles. The Morgan fingerprint density at radius 2 is 1.52 bits per heavy atom. The fraction of sp³-hybridized carbons (Fsp3) is 0.250. The predicted molar refractivity (Wildman–Crippen MR) is 84.5 cm³/mol. The Bertz CT molecular complexity index is 681. The van der Waals surface area contributed by atoms with Crippen molar-refractivity contribution in [2.45, 2.75) is 11.3 Å². The lowest BCUT2D eigenvalue weighted by Crippen LogP contribution is -2.36. The summed E-state index contributed by atoms with van der Waals surface area (Å²) in [6.07, 6.45) is 1.09. The SMILES string of the molecule is CS(=O)(=O)C(CO)C(N)c1ccc(-c2ccccc2)cc1. The summed E-state index contributed by atoms with van der Waals surface area (Å²) < 4.78 is 23.3. The number of hydrogen-bond donors (Lipinski definition) is 2. The van der Waals surface area contributed by atoms with Gasteiger partial charge in [-0.2, -0.15) is 0 Å². The van der Waals surface area contributed by atoms with Crippen molar-refractivity contribution in [1.82, 2.24) is 0 Å². The summed E-state index contributed by atoms with van der Waals surface area (Å²) in [5.41, 5.74) is 8.80. The molecule has 2 atom stereocenters. The number of aliphatic hydroxyl groups is 1. The Kier molecular flexibility index (Phi) is 4.77. The molecular weight excluding hydrogens is 286 g/mol. The van der Waals surface area contributed by atoms with E-state index >= 15 is 0 Å². The van der Waals surface area contributed by atoms with Crippen molar-refractivity contribution in [3.8, 4) is 11.1 Å². The fourth-order valence-corrected chi connectivity index (χ4v) is 3.22. The van der Waals surface area contributed by atoms with Gasteiger partial charge in [-0.1, -0.05) is 54.6 Å². The Morgan fingerprint density at radius 1 is 1.00 bits per heavy atom. The minimum Gasteiger partial charge on any atom is -0.395 e. The second kappa shape index (κ2) is 6.39. The van der Waals surface area contributed by atoms with Crippen LogP contribution in [0.5, 0.6) is 0 Å². The number of benzene rings is 2. The van der Waals surface area contributed by atoms with Crippen molar-refractivity contribution in [3.05, 3.63) is 60.2 Å². The van der Waals surface area contributed by atoms with Gasteiger partial charge >= 0.3 is 0 Å². The van der Waals surface area contributed by atoms with E-state index in [0.29, 0.717) is 5.56 Å². The van der Waals surface area contributed by atoms with Gasteiger partial charge < -0.3 is 10.8 Å². The molecule has 0 aliphatic carbocycles. The quantitative estimate of drug-likeness (QED) is 0.882. The molecule has 0 aliphatic heterocycles. The average Bonchev–Trinajstić information content (AvgIpc) is 2.47. The van der Waals surface area contributed by atoms with E-state index in [9.17, 15) is 13.5 Å². The van der Waals surface area contributed by atoms with Crippen LogP contribution in [-0.2, 0) is 9.84 Å². The largest absolute Gasteiger partial charge is 0.395 e. The highest BCUT2D eigenvalue weighted by Crippen LogP contribution is 2.24. The van der Waals surface area contributed by atoms with Crippen LogP contribution in [-0.4, -0.2) is 31.6 Å². The highest BCUT2D eigenvalue weighted by Gasteiger charge is 2.28. The molecular formula is C16H19NO3S. The Labute approximate surface area is 125 Å². The van der Waals surface area contributed by atoms with Gasteiger partial charge in [0.25, 0.3) is 0 Å². The first-order chi connectivity index (χ1) is 9.93. The van der Waals surface area contributed by atoms with E-state index in [2.05, 4.69) is 0 Å². The maximum absolute atomic E-state index is 11.6. The van der Waals surface area contributed by atoms with Gasteiger partial charge in [0.15, 0.2) is 9.84 Å². The van der Waals surface area contributed by atoms with Crippen molar-refractivity contribution in [1.29, 1.82) is 0 Å². The molecule has 0 bridgehead atoms. The summed E-state index contributed by atoms with van der Waals surface area (Å²) in [5, 5.41) is 8.28. The zero-order valence-corrected chi connectivity index (χ0v) is 12.6. The van der Waals surface area contributed by atoms with Crippen LogP contribution in [0.3, 0.4) is 0 Å². The van der Waals surface area contributed by atoms with Gasteiger partial charge in [-0.15, -0.1) is 0 Å². The van der Waals surface area contributed by atoms with E-state index in [0.717, 1.165) is 17.4 Å². The van der Waals surface area contributed by atoms with E-state index in [1.54, 1.807) is 12.1 Å². The third kappa shape index (κ3) is 3.69. The van der Waals surface area contributed by atoms with Gasteiger partial charge in [0.05, 0.1) is 6.61 Å². The molecule has 112 valence electrons. The van der Waals surface area contributed by atoms with Crippen molar-refractivity contribution in [2.75, 3.05) is 12.9 Å². The first kappa shape index (κ1) is 15.7. The minimum absolute atomic E-state index is 0.486. The lowest BCUT2D eigenvalue weighted by molar-refractivity contribution is 0.278. The van der Waals surface area contributed by atoms with Crippen LogP contribution in [0, 0.1) is 0 Å². The predicted octanol–water partition coefficient (Wildman–Crippen LogP) is 1.76. The first-order valence-electron chi connectivity index (χ1n) is 6.64. The molecule has 2 unspecified atom stereocenters. The molecule has 0 saturated carbocycles. The van der Waals surface area contributed by atoms with Gasteiger partial charge in [-0.05, 0) is 16.7 Å². The van der Waals surface area contributed by atoms with Gasteiger partial charge in [-0.3, -0.25) is 0 Å². The average molecular weight is 305 g/mol. The number of hydrogen-bond acceptors (Lipinski definition) is 4. The number of rotatable bonds is 5. The van der Waals surface area contributed by atoms with Crippen LogP contribution < -0.4 is 5.73 Å². The molecule has 0 radical (unpaired) electrons. The van der Waals surface area contributed by atoms with Crippen LogP contribution >= 0.6 is 0 Å². The molecule has 0 heterocycles. The highest BCUT2D eigenvalue weighted by molar-refractivity contribution is 7.91. The summed E-state index contributed by atoms with van der Waals surface area (Å²) in [4.78, 5) is 0. The monoisotopic (exact) mass is 305 g/mol. The zero-order chi connectivity index (χ0) is 15.5. The second-order valence-electron chi connectivity index (χ2n) is 5.06. The van der Waals surface area contributed by atoms with Gasteiger partial charge in [0.2, 0.25) is 0 Å². The summed E-state index contributed by atoms with van der Waals surface area (Å²) in [6.45, 7) is -0.486. The van der Waals surface area contributed by atoms with Gasteiger partial charge in [0, 0.05) is 12.3 Å². The zero-order valence-electron chi connectivity index (χ0n) is 11.8. The maximum atomic E-state index is 11.6. The Balaban J connectivity index is 2.27. The molecule has 2 rings (SSSR count). The molecule has 0 aliphatic rings. The van der Waals surface area contributed by atoms with E-state index in [1.807, 2.05) is 42.5 Å². The van der Waals surface area contributed by atoms with E-state index in [4.69, 9.17) is 5.73 Å². The van der Waals surface area contributed by atoms with Crippen LogP contribution in [0.15, 0.2) is 54.6 Å². The smallest absolute Gasteiger partial charge is 0.154 e. The molecule has 2 aromatic rings. The third-order valence-corrected chi connectivity index (χ3v) is 5.08. The minimum atomic E-state index is -3.40.